The van der Waals surface area contributed by atoms with Gasteiger partial charge in [-0.25, -0.2) is 4.39 Å². The molecule has 2 heterocycles. The van der Waals surface area contributed by atoms with Crippen molar-refractivity contribution in [3.05, 3.63) is 105 Å². The molecule has 0 saturated carbocycles. The first-order valence-corrected chi connectivity index (χ1v) is 11.9. The number of hydrogen-bond acceptors (Lipinski definition) is 4. The lowest BCUT2D eigenvalue weighted by atomic mass is 9.64. The van der Waals surface area contributed by atoms with E-state index in [4.69, 9.17) is 0 Å². The highest BCUT2D eigenvalue weighted by atomic mass is 79.9. The molecule has 0 amide bonds. The van der Waals surface area contributed by atoms with Gasteiger partial charge in [0.2, 0.25) is 0 Å². The fraction of sp³-hybridized carbons (Fsp3) is 0.179. The number of nitrogens with zero attached hydrogens (tertiary/aromatic N) is 1. The van der Waals surface area contributed by atoms with Crippen LogP contribution < -0.4 is 4.90 Å². The minimum atomic E-state index is -1.50. The first kappa shape index (κ1) is 21.2. The molecule has 1 spiro atoms. The number of ketones is 3. The summed E-state index contributed by atoms with van der Waals surface area (Å²) in [5.41, 5.74) is 1.27. The zero-order chi connectivity index (χ0) is 23.8. The fourth-order valence-corrected chi connectivity index (χ4v) is 6.41. The van der Waals surface area contributed by atoms with Crippen LogP contribution in [-0.2, 0) is 4.79 Å². The Bertz CT molecular complexity index is 1390. The van der Waals surface area contributed by atoms with Crippen LogP contribution in [0.2, 0.25) is 0 Å². The molecule has 3 atom stereocenters. The summed E-state index contributed by atoms with van der Waals surface area (Å²) in [4.78, 5) is 43.6. The van der Waals surface area contributed by atoms with E-state index in [9.17, 15) is 18.8 Å². The van der Waals surface area contributed by atoms with Crippen molar-refractivity contribution < 1.29 is 18.8 Å². The van der Waals surface area contributed by atoms with E-state index in [1.165, 1.54) is 19.1 Å². The number of carbonyl (C=O) groups excluding carboxylic acids is 3. The maximum Gasteiger partial charge on any atom is 0.180 e. The normalized spacial score (nSPS) is 23.7. The topological polar surface area (TPSA) is 54.5 Å². The summed E-state index contributed by atoms with van der Waals surface area (Å²) in [6.45, 7) is 1.49. The molecule has 34 heavy (non-hydrogen) atoms. The average molecular weight is 516 g/mol. The third-order valence-corrected chi connectivity index (χ3v) is 7.94. The highest BCUT2D eigenvalue weighted by molar-refractivity contribution is 9.10. The quantitative estimate of drug-likeness (QED) is 0.416. The summed E-state index contributed by atoms with van der Waals surface area (Å²) in [6, 6.07) is 17.2. The van der Waals surface area contributed by atoms with Gasteiger partial charge in [0.05, 0.1) is 12.1 Å². The van der Waals surface area contributed by atoms with Crippen LogP contribution >= 0.6 is 15.9 Å². The molecule has 3 aliphatic rings. The van der Waals surface area contributed by atoms with E-state index < -0.39 is 23.4 Å². The molecule has 0 radical (unpaired) electrons. The van der Waals surface area contributed by atoms with Crippen molar-refractivity contribution in [3.8, 4) is 0 Å². The van der Waals surface area contributed by atoms with Gasteiger partial charge in [-0.3, -0.25) is 14.4 Å². The summed E-state index contributed by atoms with van der Waals surface area (Å²) in [7, 11) is 0. The first-order valence-electron chi connectivity index (χ1n) is 11.1. The van der Waals surface area contributed by atoms with E-state index >= 15 is 0 Å². The molecule has 0 aromatic heterocycles. The van der Waals surface area contributed by atoms with Crippen LogP contribution in [0.4, 0.5) is 10.1 Å². The maximum absolute atomic E-state index is 14.2. The van der Waals surface area contributed by atoms with Crippen molar-refractivity contribution in [2.75, 3.05) is 4.90 Å². The van der Waals surface area contributed by atoms with Gasteiger partial charge >= 0.3 is 0 Å². The lowest BCUT2D eigenvalue weighted by Gasteiger charge is -2.37. The Hall–Kier alpha value is -3.38. The predicted molar refractivity (Wildman–Crippen MR) is 131 cm³/mol. The summed E-state index contributed by atoms with van der Waals surface area (Å²) < 4.78 is 14.9. The van der Waals surface area contributed by atoms with Gasteiger partial charge in [-0.2, -0.15) is 0 Å². The number of rotatable bonds is 2. The molecule has 3 aromatic carbocycles. The number of fused-ring (bicyclic) bond motifs is 5. The number of halogens is 2. The highest BCUT2D eigenvalue weighted by Gasteiger charge is 2.71. The summed E-state index contributed by atoms with van der Waals surface area (Å²) in [5, 5.41) is 0. The van der Waals surface area contributed by atoms with Crippen LogP contribution in [0.1, 0.15) is 44.7 Å². The zero-order valence-corrected chi connectivity index (χ0v) is 19.8. The molecule has 4 nitrogen and oxygen atoms in total. The van der Waals surface area contributed by atoms with Crippen molar-refractivity contribution in [2.24, 2.45) is 5.41 Å². The van der Waals surface area contributed by atoms with Gasteiger partial charge in [0, 0.05) is 32.8 Å². The van der Waals surface area contributed by atoms with Crippen molar-refractivity contribution in [1.82, 2.24) is 0 Å². The third kappa shape index (κ3) is 2.60. The molecule has 6 rings (SSSR count). The van der Waals surface area contributed by atoms with E-state index in [1.54, 1.807) is 42.5 Å². The van der Waals surface area contributed by atoms with Crippen LogP contribution in [0.25, 0.3) is 6.08 Å². The standard InChI is InChI=1S/C28H19BrFNO3/c1-15(32)25-24(16-6-9-18(29)10-7-16)28(26(33)20-4-2-3-5-21(20)27(28)34)23-13-8-17-14-19(30)11-12-22(17)31(23)25/h2-14,23-25H,1H3/t23-,24+,25+/m0/s1. The van der Waals surface area contributed by atoms with Crippen molar-refractivity contribution >= 4 is 45.0 Å². The molecule has 6 heteroatoms. The predicted octanol–water partition coefficient (Wildman–Crippen LogP) is 5.61. The lowest BCUT2D eigenvalue weighted by Crippen LogP contribution is -2.48. The van der Waals surface area contributed by atoms with Crippen LogP contribution in [-0.4, -0.2) is 29.4 Å². The Morgan fingerprint density at radius 3 is 2.24 bits per heavy atom. The fourth-order valence-electron chi connectivity index (χ4n) is 6.14. The Morgan fingerprint density at radius 2 is 1.62 bits per heavy atom. The molecule has 2 aliphatic heterocycles. The van der Waals surface area contributed by atoms with Gasteiger partial charge < -0.3 is 4.90 Å². The second-order valence-electron chi connectivity index (χ2n) is 9.07. The van der Waals surface area contributed by atoms with Gasteiger partial charge in [-0.15, -0.1) is 0 Å². The van der Waals surface area contributed by atoms with Gasteiger partial charge in [0.1, 0.15) is 11.2 Å². The summed E-state index contributed by atoms with van der Waals surface area (Å²) in [6.07, 6.45) is 3.55. The van der Waals surface area contributed by atoms with E-state index in [-0.39, 0.29) is 23.2 Å². The van der Waals surface area contributed by atoms with Crippen LogP contribution in [0.15, 0.2) is 77.3 Å². The number of anilines is 1. The second kappa shape index (κ2) is 7.31. The number of Topliss-reactive ketones (excluding diaryl/α,β-unsaturated/α-hetero) is 3. The van der Waals surface area contributed by atoms with E-state index in [0.717, 1.165) is 10.0 Å². The summed E-state index contributed by atoms with van der Waals surface area (Å²) >= 11 is 3.45. The molecule has 0 unspecified atom stereocenters. The molecule has 1 saturated heterocycles. The lowest BCUT2D eigenvalue weighted by molar-refractivity contribution is -0.118. The molecular weight excluding hydrogens is 497 g/mol. The van der Waals surface area contributed by atoms with E-state index in [1.807, 2.05) is 29.2 Å². The number of hydrogen-bond donors (Lipinski definition) is 0. The second-order valence-corrected chi connectivity index (χ2v) is 9.99. The third-order valence-electron chi connectivity index (χ3n) is 7.41. The SMILES string of the molecule is CC(=O)[C@@H]1[C@@H](c2ccc(Br)cc2)C2(C(=O)c3ccccc3C2=O)[C@@H]2C=Cc3cc(F)ccc3N12. The molecule has 168 valence electrons. The number of benzene rings is 3. The maximum atomic E-state index is 14.2. The van der Waals surface area contributed by atoms with E-state index in [2.05, 4.69) is 15.9 Å². The van der Waals surface area contributed by atoms with E-state index in [0.29, 0.717) is 22.4 Å². The first-order chi connectivity index (χ1) is 16.4. The smallest absolute Gasteiger partial charge is 0.180 e. The Labute approximate surface area is 204 Å². The van der Waals surface area contributed by atoms with Gasteiger partial charge in [0.15, 0.2) is 17.3 Å². The number of carbonyl (C=O) groups is 3. The molecule has 1 aliphatic carbocycles. The Morgan fingerprint density at radius 1 is 0.971 bits per heavy atom. The Kier molecular flexibility index (Phi) is 4.55. The van der Waals surface area contributed by atoms with Crippen LogP contribution in [0.3, 0.4) is 0 Å². The average Bonchev–Trinajstić information content (AvgIpc) is 3.26. The minimum Gasteiger partial charge on any atom is -0.352 e. The largest absolute Gasteiger partial charge is 0.352 e. The molecule has 3 aromatic rings. The zero-order valence-electron chi connectivity index (χ0n) is 18.2. The minimum absolute atomic E-state index is 0.156. The Balaban J connectivity index is 1.68. The highest BCUT2D eigenvalue weighted by Crippen LogP contribution is 2.60. The van der Waals surface area contributed by atoms with Gasteiger partial charge in [-0.05, 0) is 42.8 Å². The molecule has 0 bridgehead atoms. The van der Waals surface area contributed by atoms with Crippen molar-refractivity contribution in [3.63, 3.8) is 0 Å². The van der Waals surface area contributed by atoms with Crippen LogP contribution in [0.5, 0.6) is 0 Å². The molecule has 0 N–H and O–H groups in total. The molecule has 1 fully saturated rings. The van der Waals surface area contributed by atoms with Gasteiger partial charge in [0.25, 0.3) is 0 Å². The van der Waals surface area contributed by atoms with Crippen molar-refractivity contribution in [2.45, 2.75) is 24.9 Å². The van der Waals surface area contributed by atoms with Crippen molar-refractivity contribution in [1.29, 1.82) is 0 Å². The monoisotopic (exact) mass is 515 g/mol. The molecular formula is C28H19BrFNO3. The summed E-state index contributed by atoms with van der Waals surface area (Å²) in [5.74, 6) is -1.79. The van der Waals surface area contributed by atoms with Crippen LogP contribution in [0, 0.1) is 11.2 Å². The van der Waals surface area contributed by atoms with Gasteiger partial charge in [-0.1, -0.05) is 64.5 Å².